The molecule has 0 saturated heterocycles. The van der Waals surface area contributed by atoms with Gasteiger partial charge in [-0.15, -0.1) is 0 Å². The van der Waals surface area contributed by atoms with Gasteiger partial charge in [0.1, 0.15) is 34.5 Å². The van der Waals surface area contributed by atoms with Crippen LogP contribution in [-0.4, -0.2) is 19.8 Å². The van der Waals surface area contributed by atoms with Crippen LogP contribution >= 0.6 is 25.8 Å². The van der Waals surface area contributed by atoms with Gasteiger partial charge < -0.3 is 27.1 Å². The molecule has 0 spiro atoms. The number of hydrogen-bond donors (Lipinski definition) is 0. The largest absolute Gasteiger partial charge is 0.463 e. The summed E-state index contributed by atoms with van der Waals surface area (Å²) in [6, 6.07) is 40.5. The van der Waals surface area contributed by atoms with E-state index < -0.39 is 25.8 Å². The Morgan fingerprint density at radius 2 is 0.484 bits per heavy atom. The minimum atomic E-state index is -1.85. The first kappa shape index (κ1) is 108. The number of unbranched alkanes of at least 4 members (excludes halogenated alkanes) is 39. The Bertz CT molecular complexity index is 3610. The molecular formula is C112H181O9P3. The van der Waals surface area contributed by atoms with Gasteiger partial charge in [0.2, 0.25) is 0 Å². The molecule has 6 rings (SSSR count). The summed E-state index contributed by atoms with van der Waals surface area (Å²) in [5.41, 5.74) is 13.7. The number of rotatable bonds is 71. The van der Waals surface area contributed by atoms with Gasteiger partial charge in [0.05, 0.1) is 19.8 Å². The van der Waals surface area contributed by atoms with E-state index >= 15 is 0 Å². The van der Waals surface area contributed by atoms with Crippen molar-refractivity contribution in [1.29, 1.82) is 0 Å². The molecule has 6 aromatic rings. The summed E-state index contributed by atoms with van der Waals surface area (Å²) in [5.74, 6) is 4.85. The summed E-state index contributed by atoms with van der Waals surface area (Å²) in [6.45, 7) is 45.8. The molecule has 0 aromatic heterocycles. The topological polar surface area (TPSA) is 83.1 Å². The summed E-state index contributed by atoms with van der Waals surface area (Å²) in [7, 11) is -5.52. The second-order valence-electron chi connectivity index (χ2n) is 39.8. The lowest BCUT2D eigenvalue weighted by molar-refractivity contribution is 0.256. The smallest absolute Gasteiger partial charge is 0.418 e. The zero-order valence-electron chi connectivity index (χ0n) is 82.8. The third-order valence-electron chi connectivity index (χ3n) is 24.9. The standard InChI is InChI=1S/C112H181O9P3/c1-20-26-32-38-44-47-50-56-62-77-113-122(116-97-74-65-71-94(84-97)68-59-53-41-35-29-23-4)119-107-81-91(8)100(87-104(107)110(11,12)13)90(7)80-103(101-88-105(111(14,15)16)108(82-92(101)9)120-123(114-78-63-57-51-48-45-39-33-27-21-2)117-98-75-66-72-95(85-98)69-60-54-42-36-30-24-5)102-89-106(112(17,18)19)109(83-93(102)10)121-124(115-79-64-58-52-49-46-40-34-28-22-3)118-99-76-67-73-96(86-99)70-61-55-43-37-31-25-6/h65-67,71-76,81-90,103H,20-64,68-70,77-80H2,1-19H3. The van der Waals surface area contributed by atoms with E-state index in [1.807, 2.05) is 0 Å². The maximum atomic E-state index is 7.37. The summed E-state index contributed by atoms with van der Waals surface area (Å²) in [4.78, 5) is 0. The van der Waals surface area contributed by atoms with Crippen LogP contribution in [0.15, 0.2) is 109 Å². The highest BCUT2D eigenvalue weighted by Gasteiger charge is 2.35. The van der Waals surface area contributed by atoms with Crippen LogP contribution in [0.1, 0.15) is 485 Å². The van der Waals surface area contributed by atoms with Gasteiger partial charge in [-0.2, -0.15) is 0 Å². The monoisotopic (exact) mass is 1760 g/mol. The fraction of sp³-hybridized carbons (Fsp3) is 0.679. The Kier molecular flexibility index (Phi) is 54.5. The van der Waals surface area contributed by atoms with Gasteiger partial charge >= 0.3 is 25.8 Å². The van der Waals surface area contributed by atoms with Crippen molar-refractivity contribution < 1.29 is 40.7 Å². The lowest BCUT2D eigenvalue weighted by atomic mass is 9.74. The molecule has 0 saturated carbocycles. The lowest BCUT2D eigenvalue weighted by Crippen LogP contribution is -2.19. The number of benzene rings is 6. The highest BCUT2D eigenvalue weighted by atomic mass is 31.2. The predicted octanol–water partition coefficient (Wildman–Crippen LogP) is 38.2. The van der Waals surface area contributed by atoms with E-state index in [9.17, 15) is 0 Å². The molecule has 6 aromatic carbocycles. The molecule has 0 radical (unpaired) electrons. The highest BCUT2D eigenvalue weighted by Crippen LogP contribution is 2.53. The zero-order chi connectivity index (χ0) is 89.6. The number of hydrogen-bond acceptors (Lipinski definition) is 9. The average molecular weight is 1760 g/mol. The first-order valence-electron chi connectivity index (χ1n) is 51.0. The molecule has 0 aliphatic heterocycles. The maximum absolute atomic E-state index is 7.37. The Hall–Kier alpha value is -4.71. The van der Waals surface area contributed by atoms with Gasteiger partial charge in [-0.1, -0.05) is 416 Å². The molecule has 9 nitrogen and oxygen atoms in total. The molecule has 12 heteroatoms. The third-order valence-corrected chi connectivity index (χ3v) is 28.2. The van der Waals surface area contributed by atoms with Gasteiger partial charge in [0, 0.05) is 22.6 Å². The normalized spacial score (nSPS) is 13.3. The zero-order valence-corrected chi connectivity index (χ0v) is 85.5. The van der Waals surface area contributed by atoms with Crippen molar-refractivity contribution >= 4 is 25.8 Å². The first-order chi connectivity index (χ1) is 59.9. The van der Waals surface area contributed by atoms with Crippen molar-refractivity contribution in [1.82, 2.24) is 0 Å². The van der Waals surface area contributed by atoms with Crippen molar-refractivity contribution in [2.45, 2.75) is 474 Å². The molecule has 0 N–H and O–H groups in total. The highest BCUT2D eigenvalue weighted by molar-refractivity contribution is 7.43. The van der Waals surface area contributed by atoms with Crippen molar-refractivity contribution in [3.63, 3.8) is 0 Å². The van der Waals surface area contributed by atoms with E-state index in [0.717, 1.165) is 127 Å². The van der Waals surface area contributed by atoms with Gasteiger partial charge in [-0.3, -0.25) is 13.6 Å². The van der Waals surface area contributed by atoms with Crippen LogP contribution in [0.4, 0.5) is 0 Å². The van der Waals surface area contributed by atoms with Crippen molar-refractivity contribution in [3.8, 4) is 34.5 Å². The van der Waals surface area contributed by atoms with Crippen LogP contribution in [0.2, 0.25) is 0 Å². The van der Waals surface area contributed by atoms with Gasteiger partial charge in [-0.25, -0.2) is 0 Å². The summed E-state index contributed by atoms with van der Waals surface area (Å²) < 4.78 is 63.7. The molecular weight excluding hydrogens is 1580 g/mol. The predicted molar refractivity (Wildman–Crippen MR) is 539 cm³/mol. The molecule has 0 aliphatic carbocycles. The number of aryl methyl sites for hydroxylation is 6. The Labute approximate surface area is 766 Å². The molecule has 698 valence electrons. The first-order valence-corrected chi connectivity index (χ1v) is 54.3. The minimum Gasteiger partial charge on any atom is -0.418 e. The SMILES string of the molecule is CCCCCCCCCCCOP(Oc1cccc(CCCCCCCC)c1)Oc1cc(C)c(C(C)CC(c2cc(C(C)(C)C)c(OP(OCCCCCCCCCCC)Oc3cccc(CCCCCCCC)c3)cc2C)c2cc(C(C)(C)C)c(OP(OCCCCCCCCCCC)Oc3cccc(CCCCCCCC)c3)cc2C)cc1C(C)(C)C. The van der Waals surface area contributed by atoms with E-state index in [4.69, 9.17) is 40.7 Å². The average Bonchev–Trinajstić information content (AvgIpc) is 0.760. The van der Waals surface area contributed by atoms with Crippen molar-refractivity contribution in [3.05, 3.63) is 176 Å². The molecule has 124 heavy (non-hydrogen) atoms. The molecule has 4 atom stereocenters. The van der Waals surface area contributed by atoms with Crippen molar-refractivity contribution in [2.75, 3.05) is 19.8 Å². The molecule has 0 heterocycles. The summed E-state index contributed by atoms with van der Waals surface area (Å²) in [5, 5.41) is 0. The maximum Gasteiger partial charge on any atom is 0.463 e. The van der Waals surface area contributed by atoms with E-state index in [1.54, 1.807) is 0 Å². The van der Waals surface area contributed by atoms with E-state index in [0.29, 0.717) is 19.8 Å². The Morgan fingerprint density at radius 1 is 0.258 bits per heavy atom. The van der Waals surface area contributed by atoms with Gasteiger partial charge in [-0.05, 0) is 212 Å². The van der Waals surface area contributed by atoms with E-state index in [-0.39, 0.29) is 28.1 Å². The fourth-order valence-electron chi connectivity index (χ4n) is 17.2. The minimum absolute atomic E-state index is 0.0775. The van der Waals surface area contributed by atoms with Crippen LogP contribution < -0.4 is 27.1 Å². The second kappa shape index (κ2) is 62.6. The summed E-state index contributed by atoms with van der Waals surface area (Å²) >= 11 is 0. The Morgan fingerprint density at radius 3 is 0.734 bits per heavy atom. The lowest BCUT2D eigenvalue weighted by Gasteiger charge is -2.33. The van der Waals surface area contributed by atoms with Crippen LogP contribution in [0.25, 0.3) is 0 Å². The van der Waals surface area contributed by atoms with Gasteiger partial charge in [0.15, 0.2) is 0 Å². The molecule has 0 bridgehead atoms. The van der Waals surface area contributed by atoms with Crippen LogP contribution in [0.3, 0.4) is 0 Å². The summed E-state index contributed by atoms with van der Waals surface area (Å²) in [6.07, 6.45) is 60.2. The second-order valence-corrected chi connectivity index (χ2v) is 43.0. The van der Waals surface area contributed by atoms with E-state index in [2.05, 4.69) is 241 Å². The molecule has 0 amide bonds. The molecule has 4 unspecified atom stereocenters. The molecule has 0 fully saturated rings. The Balaban J connectivity index is 1.47. The van der Waals surface area contributed by atoms with Gasteiger partial charge in [0.25, 0.3) is 0 Å². The molecule has 0 aliphatic rings. The fourth-order valence-corrected chi connectivity index (χ4v) is 20.3. The van der Waals surface area contributed by atoms with E-state index in [1.165, 1.54) is 289 Å². The van der Waals surface area contributed by atoms with Crippen LogP contribution in [0.5, 0.6) is 34.5 Å². The van der Waals surface area contributed by atoms with Crippen molar-refractivity contribution in [2.24, 2.45) is 0 Å². The van der Waals surface area contributed by atoms with Crippen LogP contribution in [0, 0.1) is 20.8 Å². The van der Waals surface area contributed by atoms with Crippen LogP contribution in [-0.2, 0) is 49.1 Å². The third kappa shape index (κ3) is 43.3. The quantitative estimate of drug-likeness (QED) is 0.0274.